The summed E-state index contributed by atoms with van der Waals surface area (Å²) in [5, 5.41) is 10.4. The predicted molar refractivity (Wildman–Crippen MR) is 41.8 cm³/mol. The topological polar surface area (TPSA) is 72.2 Å². The highest BCUT2D eigenvalue weighted by molar-refractivity contribution is 5.86. The molecule has 5 nitrogen and oxygen atoms in total. The van der Waals surface area contributed by atoms with Crippen molar-refractivity contribution in [3.8, 4) is 6.08 Å². The number of carbonyl (C=O) groups excluding carboxylic acids is 1. The van der Waals surface area contributed by atoms with Gasteiger partial charge in [0.25, 0.3) is 0 Å². The molecule has 0 spiro atoms. The average molecular weight is 184 g/mol. The molecule has 0 atom stereocenters. The van der Waals surface area contributed by atoms with E-state index in [9.17, 15) is 9.90 Å². The lowest BCUT2D eigenvalue weighted by Crippen LogP contribution is -2.10. The van der Waals surface area contributed by atoms with Gasteiger partial charge < -0.3 is 9.15 Å². The van der Waals surface area contributed by atoms with Crippen LogP contribution in [-0.2, 0) is 9.84 Å². The minimum atomic E-state index is -0.781. The molecule has 0 saturated heterocycles. The van der Waals surface area contributed by atoms with Crippen molar-refractivity contribution in [2.24, 2.45) is 5.92 Å². The van der Waals surface area contributed by atoms with Crippen LogP contribution < -0.4 is 0 Å². The van der Waals surface area contributed by atoms with Gasteiger partial charge in [0.1, 0.15) is 6.26 Å². The molecule has 71 valence electrons. The quantitative estimate of drug-likeness (QED) is 0.669. The Morgan fingerprint density at radius 1 is 1.69 bits per heavy atom. The second kappa shape index (κ2) is 3.93. The first-order chi connectivity index (χ1) is 6.09. The Hall–Kier alpha value is -1.52. The minimum absolute atomic E-state index is 0.0781. The molecule has 0 N–H and O–H groups in total. The van der Waals surface area contributed by atoms with Gasteiger partial charge in [-0.15, -0.1) is 0 Å². The first kappa shape index (κ1) is 9.57. The molecule has 1 heterocycles. The van der Waals surface area contributed by atoms with Gasteiger partial charge in [0.15, 0.2) is 5.69 Å². The number of carbonyl (C=O) groups is 1. The Bertz CT molecular complexity index is 292. The molecular weight excluding hydrogens is 174 g/mol. The third-order valence-electron chi connectivity index (χ3n) is 1.24. The Balaban J connectivity index is 2.49. The van der Waals surface area contributed by atoms with Crippen molar-refractivity contribution < 1.29 is 19.1 Å². The maximum atomic E-state index is 11.1. The van der Waals surface area contributed by atoms with Crippen molar-refractivity contribution >= 4 is 5.97 Å². The van der Waals surface area contributed by atoms with E-state index in [1.165, 1.54) is 0 Å². The largest absolute Gasteiger partial charge is 0.461 e. The molecule has 0 aromatic carbocycles. The van der Waals surface area contributed by atoms with Gasteiger partial charge in [-0.1, -0.05) is 13.8 Å². The first-order valence-corrected chi connectivity index (χ1v) is 3.89. The summed E-state index contributed by atoms with van der Waals surface area (Å²) in [5.74, 6) is -0.373. The number of hydrogen-bond acceptors (Lipinski definition) is 4. The van der Waals surface area contributed by atoms with Gasteiger partial charge in [-0.25, -0.2) is 9.90 Å². The van der Waals surface area contributed by atoms with Crippen LogP contribution in [0.4, 0.5) is 0 Å². The summed E-state index contributed by atoms with van der Waals surface area (Å²) in [6.07, 6.45) is 0.210. The van der Waals surface area contributed by atoms with Gasteiger partial charge in [0, 0.05) is 0 Å². The van der Waals surface area contributed by atoms with Crippen LogP contribution >= 0.6 is 0 Å². The van der Waals surface area contributed by atoms with E-state index in [-0.39, 0.29) is 11.6 Å². The highest BCUT2D eigenvalue weighted by Gasteiger charge is 2.14. The molecule has 1 rings (SSSR count). The summed E-state index contributed by atoms with van der Waals surface area (Å²) in [4.78, 5) is 14.4. The number of hydrogen-bond donors (Lipinski definition) is 0. The van der Waals surface area contributed by atoms with E-state index in [2.05, 4.69) is 9.40 Å². The zero-order valence-electron chi connectivity index (χ0n) is 7.44. The third-order valence-corrected chi connectivity index (χ3v) is 1.24. The highest BCUT2D eigenvalue weighted by atomic mass is 16.5. The molecule has 1 aromatic heterocycles. The first-order valence-electron chi connectivity index (χ1n) is 3.89. The zero-order valence-corrected chi connectivity index (χ0v) is 7.44. The fourth-order valence-electron chi connectivity index (χ4n) is 0.667. The van der Waals surface area contributed by atoms with Crippen molar-refractivity contribution in [3.63, 3.8) is 0 Å². The summed E-state index contributed by atoms with van der Waals surface area (Å²) < 4.78 is 9.13. The smallest absolute Gasteiger partial charge is 0.439 e. The second-order valence-corrected chi connectivity index (χ2v) is 2.99. The Kier molecular flexibility index (Phi) is 2.89. The number of oxazole rings is 1. The van der Waals surface area contributed by atoms with Crippen molar-refractivity contribution in [2.45, 2.75) is 13.8 Å². The molecule has 1 radical (unpaired) electrons. The normalized spacial score (nSPS) is 10.4. The molecule has 0 saturated carbocycles. The Morgan fingerprint density at radius 2 is 2.38 bits per heavy atom. The molecule has 0 aliphatic carbocycles. The molecule has 0 amide bonds. The molecule has 0 aliphatic rings. The maximum Gasteiger partial charge on any atom is 0.439 e. The van der Waals surface area contributed by atoms with Crippen molar-refractivity contribution in [2.75, 3.05) is 6.61 Å². The zero-order chi connectivity index (χ0) is 9.84. The van der Waals surface area contributed by atoms with E-state index in [4.69, 9.17) is 4.74 Å². The fraction of sp³-hybridized carbons (Fsp3) is 0.500. The number of ether oxygens (including phenoxy) is 1. The van der Waals surface area contributed by atoms with Crippen LogP contribution in [0, 0.1) is 5.92 Å². The van der Waals surface area contributed by atoms with Crippen molar-refractivity contribution in [1.82, 2.24) is 4.98 Å². The summed E-state index contributed by atoms with van der Waals surface area (Å²) in [5.41, 5.74) is -0.0781. The van der Waals surface area contributed by atoms with E-state index in [1.807, 2.05) is 13.8 Å². The van der Waals surface area contributed by atoms with Crippen LogP contribution in [0.15, 0.2) is 10.7 Å². The molecule has 5 heteroatoms. The molecule has 13 heavy (non-hydrogen) atoms. The predicted octanol–water partition coefficient (Wildman–Crippen LogP) is 1.63. The molecule has 0 bridgehead atoms. The van der Waals surface area contributed by atoms with Crippen LogP contribution in [0.5, 0.6) is 6.08 Å². The number of rotatable bonds is 3. The lowest BCUT2D eigenvalue weighted by Gasteiger charge is -2.03. The van der Waals surface area contributed by atoms with E-state index >= 15 is 0 Å². The van der Waals surface area contributed by atoms with Gasteiger partial charge in [-0.2, -0.15) is 4.98 Å². The van der Waals surface area contributed by atoms with E-state index in [0.717, 1.165) is 6.26 Å². The molecule has 0 aliphatic heterocycles. The molecule has 0 unspecified atom stereocenters. The van der Waals surface area contributed by atoms with E-state index < -0.39 is 12.0 Å². The van der Waals surface area contributed by atoms with Crippen LogP contribution in [-0.4, -0.2) is 17.6 Å². The third kappa shape index (κ3) is 2.77. The molecule has 0 fully saturated rings. The number of aromatic nitrogens is 1. The molecular formula is C8H10NO4. The SMILES string of the molecule is CC(C)COC(=O)c1coc([O])n1. The van der Waals surface area contributed by atoms with Crippen LogP contribution in [0.3, 0.4) is 0 Å². The number of esters is 1. The maximum absolute atomic E-state index is 11.1. The monoisotopic (exact) mass is 184 g/mol. The second-order valence-electron chi connectivity index (χ2n) is 2.99. The minimum Gasteiger partial charge on any atom is -0.461 e. The van der Waals surface area contributed by atoms with Gasteiger partial charge in [-0.3, -0.25) is 0 Å². The van der Waals surface area contributed by atoms with E-state index in [1.54, 1.807) is 0 Å². The molecule has 1 aromatic rings. The van der Waals surface area contributed by atoms with Gasteiger partial charge in [-0.05, 0) is 5.92 Å². The van der Waals surface area contributed by atoms with Crippen LogP contribution in [0.1, 0.15) is 24.3 Å². The Morgan fingerprint density at radius 3 is 2.85 bits per heavy atom. The van der Waals surface area contributed by atoms with Crippen molar-refractivity contribution in [3.05, 3.63) is 12.0 Å². The van der Waals surface area contributed by atoms with Crippen LogP contribution in [0.25, 0.3) is 0 Å². The Labute approximate surface area is 75.3 Å². The lowest BCUT2D eigenvalue weighted by molar-refractivity contribution is 0.0451. The summed E-state index contributed by atoms with van der Waals surface area (Å²) in [7, 11) is 0. The van der Waals surface area contributed by atoms with Crippen molar-refractivity contribution in [1.29, 1.82) is 0 Å². The fourth-order valence-corrected chi connectivity index (χ4v) is 0.667. The standard InChI is InChI=1S/C8H10NO4/c1-5(2)3-12-7(10)6-4-13-8(11)9-6/h4-5H,3H2,1-2H3. The lowest BCUT2D eigenvalue weighted by atomic mass is 10.2. The number of nitrogens with zero attached hydrogens (tertiary/aromatic N) is 1. The summed E-state index contributed by atoms with van der Waals surface area (Å²) in [6, 6.07) is 0. The van der Waals surface area contributed by atoms with Gasteiger partial charge >= 0.3 is 12.0 Å². The van der Waals surface area contributed by atoms with Gasteiger partial charge in [0.2, 0.25) is 0 Å². The summed E-state index contributed by atoms with van der Waals surface area (Å²) >= 11 is 0. The highest BCUT2D eigenvalue weighted by Crippen LogP contribution is 2.09. The summed E-state index contributed by atoms with van der Waals surface area (Å²) in [6.45, 7) is 4.13. The van der Waals surface area contributed by atoms with Gasteiger partial charge in [0.05, 0.1) is 6.61 Å². The average Bonchev–Trinajstić information content (AvgIpc) is 2.47. The van der Waals surface area contributed by atoms with Crippen LogP contribution in [0.2, 0.25) is 0 Å². The van der Waals surface area contributed by atoms with E-state index in [0.29, 0.717) is 6.61 Å².